The lowest BCUT2D eigenvalue weighted by atomic mass is 9.87. The zero-order valence-corrected chi connectivity index (χ0v) is 15.3. The van der Waals surface area contributed by atoms with E-state index in [9.17, 15) is 4.79 Å². The number of fused-ring (bicyclic) bond motifs is 1. The van der Waals surface area contributed by atoms with Crippen molar-refractivity contribution in [2.24, 2.45) is 5.92 Å². The maximum atomic E-state index is 12.2. The maximum Gasteiger partial charge on any atom is 0.230 e. The summed E-state index contributed by atoms with van der Waals surface area (Å²) in [4.78, 5) is 23.2. The molecule has 0 unspecified atom stereocenters. The van der Waals surface area contributed by atoms with Gasteiger partial charge in [0.05, 0.1) is 5.75 Å². The first kappa shape index (κ1) is 16.7. The number of thiophene rings is 1. The minimum atomic E-state index is 0.118. The van der Waals surface area contributed by atoms with Crippen LogP contribution in [0.5, 0.6) is 0 Å². The van der Waals surface area contributed by atoms with E-state index in [0.717, 1.165) is 40.4 Å². The third-order valence-electron chi connectivity index (χ3n) is 4.41. The number of nitrogens with zero attached hydrogens (tertiary/aromatic N) is 2. The van der Waals surface area contributed by atoms with Gasteiger partial charge in [-0.1, -0.05) is 25.6 Å². The molecule has 2 aromatic rings. The molecule has 0 saturated heterocycles. The number of rotatable bonds is 5. The summed E-state index contributed by atoms with van der Waals surface area (Å²) in [6.45, 7) is 4.43. The number of thioether (sulfide) groups is 1. The van der Waals surface area contributed by atoms with Crippen molar-refractivity contribution in [3.05, 3.63) is 17.3 Å². The third kappa shape index (κ3) is 4.23. The quantitative estimate of drug-likeness (QED) is 0.654. The van der Waals surface area contributed by atoms with E-state index < -0.39 is 0 Å². The van der Waals surface area contributed by atoms with Gasteiger partial charge in [0.15, 0.2) is 0 Å². The van der Waals surface area contributed by atoms with Crippen molar-refractivity contribution in [2.45, 2.75) is 57.0 Å². The minimum Gasteiger partial charge on any atom is -0.353 e. The average molecular weight is 350 g/mol. The van der Waals surface area contributed by atoms with Gasteiger partial charge in [0.25, 0.3) is 0 Å². The molecule has 0 bridgehead atoms. The Labute approximate surface area is 145 Å². The summed E-state index contributed by atoms with van der Waals surface area (Å²) in [5.74, 6) is 1.35. The molecule has 6 heteroatoms. The number of aromatic nitrogens is 2. The standard InChI is InChI=1S/C17H23N3OS2/c1-3-13-8-14-16(18-10-19-17(14)23-13)22-9-15(21)20-12-6-4-11(2)5-7-12/h8,10-12H,3-7,9H2,1-2H3,(H,20,21). The van der Waals surface area contributed by atoms with E-state index >= 15 is 0 Å². The molecule has 124 valence electrons. The molecule has 0 aromatic carbocycles. The van der Waals surface area contributed by atoms with E-state index in [1.165, 1.54) is 29.5 Å². The average Bonchev–Trinajstić information content (AvgIpc) is 2.99. The first-order chi connectivity index (χ1) is 11.2. The van der Waals surface area contributed by atoms with Crippen LogP contribution in [0.1, 0.15) is 44.4 Å². The van der Waals surface area contributed by atoms with Crippen LogP contribution in [0.4, 0.5) is 0 Å². The van der Waals surface area contributed by atoms with E-state index in [-0.39, 0.29) is 5.91 Å². The molecule has 1 amide bonds. The summed E-state index contributed by atoms with van der Waals surface area (Å²) in [5.41, 5.74) is 0. The SMILES string of the molecule is CCc1cc2c(SCC(=O)NC3CCC(C)CC3)ncnc2s1. The minimum absolute atomic E-state index is 0.118. The molecule has 0 spiro atoms. The lowest BCUT2D eigenvalue weighted by Crippen LogP contribution is -2.38. The Morgan fingerprint density at radius 2 is 2.13 bits per heavy atom. The predicted octanol–water partition coefficient (Wildman–Crippen LogP) is 4.04. The van der Waals surface area contributed by atoms with E-state index in [0.29, 0.717) is 11.8 Å². The molecule has 1 aliphatic carbocycles. The van der Waals surface area contributed by atoms with Crippen LogP contribution in [0.25, 0.3) is 10.2 Å². The van der Waals surface area contributed by atoms with Crippen molar-refractivity contribution in [3.8, 4) is 0 Å². The van der Waals surface area contributed by atoms with E-state index in [2.05, 4.69) is 35.2 Å². The zero-order chi connectivity index (χ0) is 16.2. The van der Waals surface area contributed by atoms with Gasteiger partial charge in [0, 0.05) is 16.3 Å². The first-order valence-corrected chi connectivity index (χ1v) is 10.1. The molecule has 0 aliphatic heterocycles. The fraction of sp³-hybridized carbons (Fsp3) is 0.588. The predicted molar refractivity (Wildman–Crippen MR) is 97.1 cm³/mol. The van der Waals surface area contributed by atoms with Crippen molar-refractivity contribution < 1.29 is 4.79 Å². The van der Waals surface area contributed by atoms with Gasteiger partial charge in [0.1, 0.15) is 16.2 Å². The van der Waals surface area contributed by atoms with Crippen LogP contribution in [-0.4, -0.2) is 27.7 Å². The lowest BCUT2D eigenvalue weighted by molar-refractivity contribution is -0.119. The van der Waals surface area contributed by atoms with E-state index in [1.807, 2.05) is 0 Å². The topological polar surface area (TPSA) is 54.9 Å². The van der Waals surface area contributed by atoms with E-state index in [1.54, 1.807) is 17.7 Å². The van der Waals surface area contributed by atoms with Crippen LogP contribution < -0.4 is 5.32 Å². The number of amides is 1. The number of nitrogens with one attached hydrogen (secondary N) is 1. The summed E-state index contributed by atoms with van der Waals surface area (Å²) < 4.78 is 0. The highest BCUT2D eigenvalue weighted by atomic mass is 32.2. The van der Waals surface area contributed by atoms with Gasteiger partial charge < -0.3 is 5.32 Å². The Bertz CT molecular complexity index is 678. The van der Waals surface area contributed by atoms with Crippen LogP contribution >= 0.6 is 23.1 Å². The van der Waals surface area contributed by atoms with Crippen molar-refractivity contribution >= 4 is 39.2 Å². The molecule has 2 aromatic heterocycles. The molecule has 1 N–H and O–H groups in total. The summed E-state index contributed by atoms with van der Waals surface area (Å²) in [6, 6.07) is 2.51. The number of carbonyl (C=O) groups is 1. The normalized spacial score (nSPS) is 21.5. The van der Waals surface area contributed by atoms with Gasteiger partial charge in [-0.05, 0) is 44.1 Å². The summed E-state index contributed by atoms with van der Waals surface area (Å²) in [5, 5.41) is 5.17. The molecule has 1 fully saturated rings. The monoisotopic (exact) mass is 349 g/mol. The van der Waals surface area contributed by atoms with Crippen LogP contribution in [0.15, 0.2) is 17.4 Å². The molecule has 2 heterocycles. The molecule has 3 rings (SSSR count). The lowest BCUT2D eigenvalue weighted by Gasteiger charge is -2.26. The van der Waals surface area contributed by atoms with Gasteiger partial charge in [-0.2, -0.15) is 0 Å². The fourth-order valence-electron chi connectivity index (χ4n) is 2.98. The summed E-state index contributed by atoms with van der Waals surface area (Å²) >= 11 is 3.22. The second-order valence-corrected chi connectivity index (χ2v) is 8.36. The highest BCUT2D eigenvalue weighted by Crippen LogP contribution is 2.31. The van der Waals surface area contributed by atoms with Crippen molar-refractivity contribution in [1.82, 2.24) is 15.3 Å². The smallest absolute Gasteiger partial charge is 0.230 e. The van der Waals surface area contributed by atoms with Gasteiger partial charge in [-0.3, -0.25) is 4.79 Å². The highest BCUT2D eigenvalue weighted by molar-refractivity contribution is 8.00. The Balaban J connectivity index is 1.57. The van der Waals surface area contributed by atoms with Crippen LogP contribution in [0.2, 0.25) is 0 Å². The number of aryl methyl sites for hydroxylation is 1. The molecule has 1 saturated carbocycles. The molecular weight excluding hydrogens is 326 g/mol. The molecule has 4 nitrogen and oxygen atoms in total. The van der Waals surface area contributed by atoms with E-state index in [4.69, 9.17) is 0 Å². The number of hydrogen-bond acceptors (Lipinski definition) is 5. The first-order valence-electron chi connectivity index (χ1n) is 8.31. The van der Waals surface area contributed by atoms with Crippen molar-refractivity contribution in [2.75, 3.05) is 5.75 Å². The van der Waals surface area contributed by atoms with Crippen LogP contribution in [0.3, 0.4) is 0 Å². The molecular formula is C17H23N3OS2. The van der Waals surface area contributed by atoms with Crippen LogP contribution in [-0.2, 0) is 11.2 Å². The second-order valence-electron chi connectivity index (χ2n) is 6.28. The second kappa shape index (κ2) is 7.62. The van der Waals surface area contributed by atoms with Crippen LogP contribution in [0, 0.1) is 5.92 Å². The molecule has 1 aliphatic rings. The molecule has 0 radical (unpaired) electrons. The summed E-state index contributed by atoms with van der Waals surface area (Å²) in [7, 11) is 0. The number of hydrogen-bond donors (Lipinski definition) is 1. The Morgan fingerprint density at radius 3 is 2.87 bits per heavy atom. The van der Waals surface area contributed by atoms with Crippen molar-refractivity contribution in [1.29, 1.82) is 0 Å². The highest BCUT2D eigenvalue weighted by Gasteiger charge is 2.20. The van der Waals surface area contributed by atoms with Crippen molar-refractivity contribution in [3.63, 3.8) is 0 Å². The van der Waals surface area contributed by atoms with Gasteiger partial charge in [-0.25, -0.2) is 9.97 Å². The van der Waals surface area contributed by atoms with Gasteiger partial charge in [-0.15, -0.1) is 11.3 Å². The Morgan fingerprint density at radius 1 is 1.35 bits per heavy atom. The number of carbonyl (C=O) groups excluding carboxylic acids is 1. The maximum absolute atomic E-state index is 12.2. The third-order valence-corrected chi connectivity index (χ3v) is 6.61. The zero-order valence-electron chi connectivity index (χ0n) is 13.7. The fourth-order valence-corrected chi connectivity index (χ4v) is 4.76. The Hall–Kier alpha value is -1.14. The molecule has 0 atom stereocenters. The van der Waals surface area contributed by atoms with Gasteiger partial charge >= 0.3 is 0 Å². The summed E-state index contributed by atoms with van der Waals surface area (Å²) in [6.07, 6.45) is 7.27. The largest absolute Gasteiger partial charge is 0.353 e. The molecule has 23 heavy (non-hydrogen) atoms. The van der Waals surface area contributed by atoms with Gasteiger partial charge in [0.2, 0.25) is 5.91 Å². The Kier molecular flexibility index (Phi) is 5.54.